The Bertz CT molecular complexity index is 1060. The summed E-state index contributed by atoms with van der Waals surface area (Å²) in [4.78, 5) is 19.1. The number of carbonyl (C=O) groups is 1. The van der Waals surface area contributed by atoms with Gasteiger partial charge in [0.1, 0.15) is 11.6 Å². The van der Waals surface area contributed by atoms with Gasteiger partial charge in [-0.1, -0.05) is 23.7 Å². The third kappa shape index (κ3) is 3.61. The minimum Gasteiger partial charge on any atom is -0.481 e. The van der Waals surface area contributed by atoms with Gasteiger partial charge in [0.05, 0.1) is 36.1 Å². The summed E-state index contributed by atoms with van der Waals surface area (Å²) >= 11 is 7.20. The average molecular weight is 434 g/mol. The molecule has 2 aromatic carbocycles. The van der Waals surface area contributed by atoms with E-state index in [-0.39, 0.29) is 22.8 Å². The van der Waals surface area contributed by atoms with Crippen LogP contribution in [0.15, 0.2) is 59.6 Å². The summed E-state index contributed by atoms with van der Waals surface area (Å²) in [6.45, 7) is -0.223. The number of amides is 2. The van der Waals surface area contributed by atoms with Crippen LogP contribution in [0.4, 0.5) is 25.0 Å². The fourth-order valence-electron chi connectivity index (χ4n) is 2.94. The minimum atomic E-state index is -0.580. The van der Waals surface area contributed by atoms with Crippen LogP contribution >= 0.6 is 23.5 Å². The van der Waals surface area contributed by atoms with E-state index in [4.69, 9.17) is 16.3 Å². The first kappa shape index (κ1) is 19.5. The molecule has 2 amide bonds. The second-order valence-corrected chi connectivity index (χ2v) is 7.49. The lowest BCUT2D eigenvalue weighted by molar-refractivity contribution is 0.253. The van der Waals surface area contributed by atoms with Gasteiger partial charge in [-0.3, -0.25) is 4.90 Å². The van der Waals surface area contributed by atoms with E-state index in [0.29, 0.717) is 16.5 Å². The highest BCUT2D eigenvalue weighted by Gasteiger charge is 2.35. The molecule has 0 unspecified atom stereocenters. The number of aromatic nitrogens is 1. The predicted octanol–water partition coefficient (Wildman–Crippen LogP) is 5.68. The summed E-state index contributed by atoms with van der Waals surface area (Å²) < 4.78 is 35.4. The summed E-state index contributed by atoms with van der Waals surface area (Å²) in [5.74, 6) is -0.757. The van der Waals surface area contributed by atoms with Crippen LogP contribution < -0.4 is 13.9 Å². The highest BCUT2D eigenvalue weighted by atomic mass is 35.5. The lowest BCUT2D eigenvalue weighted by Crippen LogP contribution is -2.43. The number of ether oxygens (including phenoxy) is 1. The van der Waals surface area contributed by atoms with E-state index in [2.05, 4.69) is 4.98 Å². The molecule has 1 aromatic heterocycles. The molecule has 1 aliphatic heterocycles. The molecule has 0 radical (unpaired) electrons. The van der Waals surface area contributed by atoms with Gasteiger partial charge in [0.2, 0.25) is 5.88 Å². The van der Waals surface area contributed by atoms with Crippen LogP contribution in [0.2, 0.25) is 5.02 Å². The van der Waals surface area contributed by atoms with E-state index < -0.39 is 17.7 Å². The maximum absolute atomic E-state index is 14.6. The Hall–Kier alpha value is -2.84. The maximum atomic E-state index is 14.6. The van der Waals surface area contributed by atoms with Gasteiger partial charge in [0, 0.05) is 16.7 Å². The number of fused-ring (bicyclic) bond motifs is 1. The number of carbonyl (C=O) groups excluding carboxylic acids is 1. The van der Waals surface area contributed by atoms with Gasteiger partial charge in [0.25, 0.3) is 0 Å². The van der Waals surface area contributed by atoms with E-state index in [9.17, 15) is 13.6 Å². The standard InChI is InChI=1S/C20H14ClF2N3O2S/c1-28-18-9-8-12(10-24-18)26-20(27)25(11-13-14(21)4-2-5-15(13)22)19-16(23)6-3-7-17(19)29-26/h2-10H,11H2,1H3. The summed E-state index contributed by atoms with van der Waals surface area (Å²) in [7, 11) is 1.49. The van der Waals surface area contributed by atoms with E-state index in [1.165, 1.54) is 46.8 Å². The Labute approximate surface area is 175 Å². The van der Waals surface area contributed by atoms with Crippen molar-refractivity contribution in [2.24, 2.45) is 0 Å². The van der Waals surface area contributed by atoms with Crippen LogP contribution in [0.25, 0.3) is 0 Å². The van der Waals surface area contributed by atoms with Crippen molar-refractivity contribution in [3.63, 3.8) is 0 Å². The number of nitrogens with zero attached hydrogens (tertiary/aromatic N) is 3. The zero-order valence-corrected chi connectivity index (χ0v) is 16.7. The molecule has 0 saturated carbocycles. The number of pyridine rings is 1. The lowest BCUT2D eigenvalue weighted by atomic mass is 10.1. The van der Waals surface area contributed by atoms with Crippen molar-refractivity contribution in [1.82, 2.24) is 4.98 Å². The van der Waals surface area contributed by atoms with Crippen molar-refractivity contribution in [2.45, 2.75) is 11.4 Å². The van der Waals surface area contributed by atoms with Crippen molar-refractivity contribution in [2.75, 3.05) is 16.3 Å². The Balaban J connectivity index is 1.79. The molecule has 29 heavy (non-hydrogen) atoms. The van der Waals surface area contributed by atoms with Crippen molar-refractivity contribution in [3.8, 4) is 5.88 Å². The van der Waals surface area contributed by atoms with Gasteiger partial charge in [-0.25, -0.2) is 22.9 Å². The third-order valence-electron chi connectivity index (χ3n) is 4.36. The van der Waals surface area contributed by atoms with Crippen LogP contribution in [0.5, 0.6) is 5.88 Å². The first-order valence-electron chi connectivity index (χ1n) is 8.50. The molecule has 0 N–H and O–H groups in total. The second-order valence-electron chi connectivity index (χ2n) is 6.10. The topological polar surface area (TPSA) is 45.7 Å². The number of hydrogen-bond donors (Lipinski definition) is 0. The SMILES string of the molecule is COc1ccc(N2Sc3cccc(F)c3N(Cc3c(F)cccc3Cl)C2=O)cn1. The smallest absolute Gasteiger partial charge is 0.340 e. The molecule has 0 aliphatic carbocycles. The number of halogens is 3. The molecule has 0 fully saturated rings. The molecule has 4 rings (SSSR count). The summed E-state index contributed by atoms with van der Waals surface area (Å²) in [5, 5.41) is 0.159. The van der Waals surface area contributed by atoms with Gasteiger partial charge >= 0.3 is 6.03 Å². The Morgan fingerprint density at radius 2 is 1.86 bits per heavy atom. The maximum Gasteiger partial charge on any atom is 0.340 e. The number of hydrogen-bond acceptors (Lipinski definition) is 4. The molecule has 0 bridgehead atoms. The monoisotopic (exact) mass is 433 g/mol. The third-order valence-corrected chi connectivity index (χ3v) is 5.79. The molecule has 2 heterocycles. The van der Waals surface area contributed by atoms with E-state index in [1.54, 1.807) is 24.3 Å². The number of methoxy groups -OCH3 is 1. The molecule has 3 aromatic rings. The van der Waals surface area contributed by atoms with Crippen molar-refractivity contribution < 1.29 is 18.3 Å². The lowest BCUT2D eigenvalue weighted by Gasteiger charge is -2.36. The van der Waals surface area contributed by atoms with Gasteiger partial charge < -0.3 is 4.74 Å². The van der Waals surface area contributed by atoms with Crippen LogP contribution in [0.3, 0.4) is 0 Å². The van der Waals surface area contributed by atoms with Crippen LogP contribution in [-0.2, 0) is 6.54 Å². The predicted molar refractivity (Wildman–Crippen MR) is 109 cm³/mol. The number of urea groups is 1. The molecular weight excluding hydrogens is 420 g/mol. The number of anilines is 2. The number of para-hydroxylation sites is 1. The summed E-state index contributed by atoms with van der Waals surface area (Å²) in [6, 6.07) is 11.5. The molecule has 148 valence electrons. The van der Waals surface area contributed by atoms with Gasteiger partial charge in [0.15, 0.2) is 0 Å². The normalized spacial score (nSPS) is 13.4. The van der Waals surface area contributed by atoms with E-state index >= 15 is 0 Å². The molecule has 0 atom stereocenters. The molecule has 1 aliphatic rings. The fourth-order valence-corrected chi connectivity index (χ4v) is 4.18. The van der Waals surface area contributed by atoms with Gasteiger partial charge in [-0.15, -0.1) is 0 Å². The quantitative estimate of drug-likeness (QED) is 0.497. The largest absolute Gasteiger partial charge is 0.481 e. The Kier molecular flexibility index (Phi) is 5.29. The summed E-state index contributed by atoms with van der Waals surface area (Å²) in [6.07, 6.45) is 1.47. The molecular formula is C20H14ClF2N3O2S. The average Bonchev–Trinajstić information content (AvgIpc) is 2.72. The van der Waals surface area contributed by atoms with Crippen molar-refractivity contribution in [1.29, 1.82) is 0 Å². The second kappa shape index (κ2) is 7.88. The Morgan fingerprint density at radius 1 is 1.10 bits per heavy atom. The number of rotatable bonds is 4. The van der Waals surface area contributed by atoms with Crippen molar-refractivity contribution >= 4 is 41.0 Å². The Morgan fingerprint density at radius 3 is 2.55 bits per heavy atom. The zero-order chi connectivity index (χ0) is 20.5. The zero-order valence-electron chi connectivity index (χ0n) is 15.1. The molecule has 9 heteroatoms. The van der Waals surface area contributed by atoms with E-state index in [1.807, 2.05) is 0 Å². The van der Waals surface area contributed by atoms with Crippen LogP contribution in [0, 0.1) is 11.6 Å². The highest BCUT2D eigenvalue weighted by Crippen LogP contribution is 2.43. The first-order chi connectivity index (χ1) is 14.0. The van der Waals surface area contributed by atoms with Gasteiger partial charge in [-0.2, -0.15) is 0 Å². The van der Waals surface area contributed by atoms with Crippen molar-refractivity contribution in [3.05, 3.63) is 76.9 Å². The molecule has 0 spiro atoms. The molecule has 0 saturated heterocycles. The van der Waals surface area contributed by atoms with Crippen LogP contribution in [0.1, 0.15) is 5.56 Å². The fraction of sp³-hybridized carbons (Fsp3) is 0.100. The minimum absolute atomic E-state index is 0.0829. The first-order valence-corrected chi connectivity index (χ1v) is 9.65. The number of benzene rings is 2. The highest BCUT2D eigenvalue weighted by molar-refractivity contribution is 8.01. The molecule has 5 nitrogen and oxygen atoms in total. The summed E-state index contributed by atoms with van der Waals surface area (Å²) in [5.41, 5.74) is 0.663. The van der Waals surface area contributed by atoms with Crippen LogP contribution in [-0.4, -0.2) is 18.1 Å². The van der Waals surface area contributed by atoms with E-state index in [0.717, 1.165) is 11.9 Å². The van der Waals surface area contributed by atoms with Gasteiger partial charge in [-0.05, 0) is 42.3 Å².